The molecule has 0 spiro atoms. The average Bonchev–Trinajstić information content (AvgIpc) is 2.76. The van der Waals surface area contributed by atoms with Crippen LogP contribution in [0.3, 0.4) is 0 Å². The molecule has 0 aliphatic rings. The Morgan fingerprint density at radius 3 is 2.59 bits per heavy atom. The quantitative estimate of drug-likeness (QED) is 0.851. The maximum atomic E-state index is 6.11. The van der Waals surface area contributed by atoms with Crippen LogP contribution in [0.1, 0.15) is 21.4 Å². The van der Waals surface area contributed by atoms with Gasteiger partial charge in [0.05, 0.1) is 0 Å². The van der Waals surface area contributed by atoms with Crippen molar-refractivity contribution in [1.29, 1.82) is 0 Å². The zero-order chi connectivity index (χ0) is 12.1. The molecule has 1 heterocycles. The molecule has 90 valence electrons. The second kappa shape index (κ2) is 5.96. The Hall–Kier alpha value is -1.16. The van der Waals surface area contributed by atoms with E-state index in [1.54, 1.807) is 0 Å². The minimum Gasteiger partial charge on any atom is -0.323 e. The molecule has 0 saturated heterocycles. The molecule has 1 atom stereocenters. The Balaban J connectivity index is 1.79. The average molecular weight is 246 g/mol. The van der Waals surface area contributed by atoms with Crippen LogP contribution < -0.4 is 11.1 Å². The third kappa shape index (κ3) is 3.66. The molecule has 0 aliphatic carbocycles. The number of hydrogen-bond donors (Lipinski definition) is 2. The summed E-state index contributed by atoms with van der Waals surface area (Å²) in [7, 11) is 0. The van der Waals surface area contributed by atoms with Gasteiger partial charge in [-0.05, 0) is 24.6 Å². The van der Waals surface area contributed by atoms with Crippen LogP contribution in [0.15, 0.2) is 42.5 Å². The number of rotatable bonds is 5. The zero-order valence-corrected chi connectivity index (χ0v) is 10.8. The lowest BCUT2D eigenvalue weighted by Gasteiger charge is -2.12. The fourth-order valence-electron chi connectivity index (χ4n) is 1.75. The van der Waals surface area contributed by atoms with Gasteiger partial charge >= 0.3 is 0 Å². The Morgan fingerprint density at radius 1 is 1.18 bits per heavy atom. The molecule has 0 fully saturated rings. The lowest BCUT2D eigenvalue weighted by molar-refractivity contribution is 0.601. The third-order valence-corrected chi connectivity index (χ3v) is 3.69. The zero-order valence-electron chi connectivity index (χ0n) is 10.0. The molecule has 0 bridgehead atoms. The molecule has 1 unspecified atom stereocenters. The van der Waals surface area contributed by atoms with Gasteiger partial charge in [-0.25, -0.2) is 0 Å². The van der Waals surface area contributed by atoms with Gasteiger partial charge in [-0.3, -0.25) is 0 Å². The van der Waals surface area contributed by atoms with Gasteiger partial charge in [-0.1, -0.05) is 30.3 Å². The van der Waals surface area contributed by atoms with Crippen molar-refractivity contribution in [3.8, 4) is 0 Å². The molecule has 1 aromatic carbocycles. The number of benzene rings is 1. The molecule has 0 radical (unpaired) electrons. The molecule has 2 nitrogen and oxygen atoms in total. The van der Waals surface area contributed by atoms with Crippen molar-refractivity contribution < 1.29 is 0 Å². The van der Waals surface area contributed by atoms with E-state index in [-0.39, 0.29) is 6.04 Å². The topological polar surface area (TPSA) is 38.0 Å². The summed E-state index contributed by atoms with van der Waals surface area (Å²) < 4.78 is 0. The van der Waals surface area contributed by atoms with E-state index in [9.17, 15) is 0 Å². The highest BCUT2D eigenvalue weighted by molar-refractivity contribution is 7.11. The minimum absolute atomic E-state index is 0.0669. The lowest BCUT2D eigenvalue weighted by Crippen LogP contribution is -2.26. The minimum atomic E-state index is 0.0669. The number of nitrogens with two attached hydrogens (primary N) is 1. The smallest absolute Gasteiger partial charge is 0.0421 e. The molecule has 2 aromatic rings. The van der Waals surface area contributed by atoms with Gasteiger partial charge in [0.1, 0.15) is 0 Å². The maximum absolute atomic E-state index is 6.11. The maximum Gasteiger partial charge on any atom is 0.0421 e. The summed E-state index contributed by atoms with van der Waals surface area (Å²) >= 11 is 1.83. The van der Waals surface area contributed by atoms with E-state index in [0.29, 0.717) is 0 Å². The van der Waals surface area contributed by atoms with Gasteiger partial charge in [-0.2, -0.15) is 0 Å². The highest BCUT2D eigenvalue weighted by Crippen LogP contribution is 2.15. The predicted octanol–water partition coefficient (Wildman–Crippen LogP) is 2.85. The SMILES string of the molecule is Cc1ccc(CNCC(N)c2ccccc2)s1. The largest absolute Gasteiger partial charge is 0.323 e. The van der Waals surface area contributed by atoms with Gasteiger partial charge in [0, 0.05) is 28.9 Å². The van der Waals surface area contributed by atoms with E-state index in [2.05, 4.69) is 36.5 Å². The van der Waals surface area contributed by atoms with Crippen LogP contribution in [0.4, 0.5) is 0 Å². The predicted molar refractivity (Wildman–Crippen MR) is 74.1 cm³/mol. The van der Waals surface area contributed by atoms with Gasteiger partial charge in [-0.15, -0.1) is 11.3 Å². The summed E-state index contributed by atoms with van der Waals surface area (Å²) in [6.45, 7) is 3.84. The molecule has 2 rings (SSSR count). The monoisotopic (exact) mass is 246 g/mol. The number of thiophene rings is 1. The van der Waals surface area contributed by atoms with Crippen molar-refractivity contribution in [3.63, 3.8) is 0 Å². The molecular formula is C14H18N2S. The molecular weight excluding hydrogens is 228 g/mol. The molecule has 3 heteroatoms. The standard InChI is InChI=1S/C14H18N2S/c1-11-7-8-13(17-11)9-16-10-14(15)12-5-3-2-4-6-12/h2-8,14,16H,9-10,15H2,1H3. The molecule has 0 aliphatic heterocycles. The summed E-state index contributed by atoms with van der Waals surface area (Å²) in [5.74, 6) is 0. The van der Waals surface area contributed by atoms with Crippen molar-refractivity contribution in [2.75, 3.05) is 6.54 Å². The molecule has 17 heavy (non-hydrogen) atoms. The van der Waals surface area contributed by atoms with Gasteiger partial charge < -0.3 is 11.1 Å². The van der Waals surface area contributed by atoms with Crippen LogP contribution in [0.5, 0.6) is 0 Å². The second-order valence-corrected chi connectivity index (χ2v) is 5.53. The van der Waals surface area contributed by atoms with Crippen LogP contribution in [0.2, 0.25) is 0 Å². The number of hydrogen-bond acceptors (Lipinski definition) is 3. The summed E-state index contributed by atoms with van der Waals surface area (Å²) in [6.07, 6.45) is 0. The van der Waals surface area contributed by atoms with E-state index in [0.717, 1.165) is 13.1 Å². The summed E-state index contributed by atoms with van der Waals surface area (Å²) in [5, 5.41) is 3.40. The summed E-state index contributed by atoms with van der Waals surface area (Å²) in [4.78, 5) is 2.72. The first kappa shape index (κ1) is 12.3. The van der Waals surface area contributed by atoms with Crippen LogP contribution in [0, 0.1) is 6.92 Å². The van der Waals surface area contributed by atoms with Crippen molar-refractivity contribution in [1.82, 2.24) is 5.32 Å². The van der Waals surface area contributed by atoms with Gasteiger partial charge in [0.15, 0.2) is 0 Å². The van der Waals surface area contributed by atoms with Crippen LogP contribution in [-0.4, -0.2) is 6.54 Å². The fourth-order valence-corrected chi connectivity index (χ4v) is 2.61. The Morgan fingerprint density at radius 2 is 1.94 bits per heavy atom. The molecule has 1 aromatic heterocycles. The van der Waals surface area contributed by atoms with E-state index < -0.39 is 0 Å². The molecule has 0 saturated carbocycles. The number of nitrogens with one attached hydrogen (secondary N) is 1. The first-order chi connectivity index (χ1) is 8.25. The van der Waals surface area contributed by atoms with Crippen molar-refractivity contribution in [2.24, 2.45) is 5.73 Å². The third-order valence-electron chi connectivity index (χ3n) is 2.69. The normalized spacial score (nSPS) is 12.6. The van der Waals surface area contributed by atoms with Crippen LogP contribution in [-0.2, 0) is 6.54 Å². The van der Waals surface area contributed by atoms with Crippen molar-refractivity contribution >= 4 is 11.3 Å². The molecule has 0 amide bonds. The van der Waals surface area contributed by atoms with E-state index in [4.69, 9.17) is 5.73 Å². The van der Waals surface area contributed by atoms with Crippen molar-refractivity contribution in [3.05, 3.63) is 57.8 Å². The lowest BCUT2D eigenvalue weighted by atomic mass is 10.1. The van der Waals surface area contributed by atoms with E-state index in [1.165, 1.54) is 15.3 Å². The van der Waals surface area contributed by atoms with Gasteiger partial charge in [0.2, 0.25) is 0 Å². The first-order valence-corrected chi connectivity index (χ1v) is 6.64. The second-order valence-electron chi connectivity index (χ2n) is 4.16. The molecule has 3 N–H and O–H groups in total. The Labute approximate surface area is 106 Å². The van der Waals surface area contributed by atoms with Crippen LogP contribution in [0.25, 0.3) is 0 Å². The highest BCUT2D eigenvalue weighted by Gasteiger charge is 2.04. The van der Waals surface area contributed by atoms with E-state index >= 15 is 0 Å². The Bertz CT molecular complexity index is 450. The first-order valence-electron chi connectivity index (χ1n) is 5.82. The van der Waals surface area contributed by atoms with Crippen molar-refractivity contribution in [2.45, 2.75) is 19.5 Å². The highest BCUT2D eigenvalue weighted by atomic mass is 32.1. The van der Waals surface area contributed by atoms with Gasteiger partial charge in [0.25, 0.3) is 0 Å². The number of aryl methyl sites for hydroxylation is 1. The van der Waals surface area contributed by atoms with E-state index in [1.807, 2.05) is 29.5 Å². The Kier molecular flexibility index (Phi) is 4.31. The fraction of sp³-hybridized carbons (Fsp3) is 0.286. The summed E-state index contributed by atoms with van der Waals surface area (Å²) in [6, 6.07) is 14.6. The van der Waals surface area contributed by atoms with Crippen LogP contribution >= 0.6 is 11.3 Å². The summed E-state index contributed by atoms with van der Waals surface area (Å²) in [5.41, 5.74) is 7.29.